The van der Waals surface area contributed by atoms with Gasteiger partial charge in [0.25, 0.3) is 0 Å². The first kappa shape index (κ1) is 13.4. The van der Waals surface area contributed by atoms with Gasteiger partial charge in [-0.25, -0.2) is 0 Å². The number of nitrogens with two attached hydrogens (primary N) is 1. The standard InChI is InChI=1S/C14H25NO/c1-11(2)9-13(10-15)14(16)12-7-5-3-4-6-8-12/h7,11,13H,3-6,8-10,15H2,1-2H3. The summed E-state index contributed by atoms with van der Waals surface area (Å²) in [5.74, 6) is 0.909. The lowest BCUT2D eigenvalue weighted by Gasteiger charge is -2.17. The van der Waals surface area contributed by atoms with Crippen molar-refractivity contribution in [3.05, 3.63) is 11.6 Å². The highest BCUT2D eigenvalue weighted by atomic mass is 16.1. The first-order chi connectivity index (χ1) is 7.65. The van der Waals surface area contributed by atoms with Gasteiger partial charge < -0.3 is 5.73 Å². The number of allylic oxidation sites excluding steroid dienone is 2. The van der Waals surface area contributed by atoms with Crippen LogP contribution in [-0.4, -0.2) is 12.3 Å². The van der Waals surface area contributed by atoms with Gasteiger partial charge in [0.05, 0.1) is 0 Å². The van der Waals surface area contributed by atoms with Crippen LogP contribution >= 0.6 is 0 Å². The first-order valence-corrected chi connectivity index (χ1v) is 6.58. The van der Waals surface area contributed by atoms with Gasteiger partial charge in [-0.05, 0) is 43.6 Å². The Hall–Kier alpha value is -0.630. The van der Waals surface area contributed by atoms with Crippen LogP contribution in [0.25, 0.3) is 0 Å². The fourth-order valence-electron chi connectivity index (χ4n) is 2.38. The largest absolute Gasteiger partial charge is 0.330 e. The molecule has 0 saturated carbocycles. The fraction of sp³-hybridized carbons (Fsp3) is 0.786. The van der Waals surface area contributed by atoms with E-state index in [1.165, 1.54) is 12.8 Å². The molecule has 1 unspecified atom stereocenters. The summed E-state index contributed by atoms with van der Waals surface area (Å²) in [6.45, 7) is 4.79. The lowest BCUT2D eigenvalue weighted by Crippen LogP contribution is -2.26. The highest BCUT2D eigenvalue weighted by Crippen LogP contribution is 2.23. The maximum atomic E-state index is 12.3. The topological polar surface area (TPSA) is 43.1 Å². The second-order valence-electron chi connectivity index (χ2n) is 5.26. The Kier molecular flexibility index (Phi) is 5.75. The van der Waals surface area contributed by atoms with E-state index in [0.29, 0.717) is 18.2 Å². The summed E-state index contributed by atoms with van der Waals surface area (Å²) >= 11 is 0. The molecule has 0 aromatic carbocycles. The molecule has 2 heteroatoms. The third-order valence-corrected chi connectivity index (χ3v) is 3.27. The van der Waals surface area contributed by atoms with Crippen LogP contribution in [0.2, 0.25) is 0 Å². The Morgan fingerprint density at radius 1 is 1.38 bits per heavy atom. The average Bonchev–Trinajstić information content (AvgIpc) is 2.53. The van der Waals surface area contributed by atoms with E-state index >= 15 is 0 Å². The van der Waals surface area contributed by atoms with Crippen LogP contribution in [0.5, 0.6) is 0 Å². The SMILES string of the molecule is CC(C)CC(CN)C(=O)C1=CCCCCC1. The molecule has 0 aromatic rings. The van der Waals surface area contributed by atoms with Crippen molar-refractivity contribution in [3.63, 3.8) is 0 Å². The molecule has 0 spiro atoms. The molecule has 0 fully saturated rings. The number of rotatable bonds is 5. The maximum absolute atomic E-state index is 12.3. The number of hydrogen-bond donors (Lipinski definition) is 1. The highest BCUT2D eigenvalue weighted by Gasteiger charge is 2.21. The molecule has 1 atom stereocenters. The number of carbonyl (C=O) groups excluding carboxylic acids is 1. The predicted molar refractivity (Wildman–Crippen MR) is 68.2 cm³/mol. The summed E-state index contributed by atoms with van der Waals surface area (Å²) in [7, 11) is 0. The van der Waals surface area contributed by atoms with Crippen molar-refractivity contribution >= 4 is 5.78 Å². The van der Waals surface area contributed by atoms with E-state index < -0.39 is 0 Å². The van der Waals surface area contributed by atoms with Crippen molar-refractivity contribution in [3.8, 4) is 0 Å². The summed E-state index contributed by atoms with van der Waals surface area (Å²) in [6, 6.07) is 0. The van der Waals surface area contributed by atoms with Crippen LogP contribution in [0.3, 0.4) is 0 Å². The lowest BCUT2D eigenvalue weighted by atomic mass is 9.88. The zero-order valence-corrected chi connectivity index (χ0v) is 10.7. The van der Waals surface area contributed by atoms with E-state index in [1.54, 1.807) is 0 Å². The van der Waals surface area contributed by atoms with Crippen molar-refractivity contribution in [2.45, 2.75) is 52.4 Å². The van der Waals surface area contributed by atoms with E-state index in [-0.39, 0.29) is 5.92 Å². The van der Waals surface area contributed by atoms with Crippen LogP contribution in [0.15, 0.2) is 11.6 Å². The molecule has 1 rings (SSSR count). The minimum Gasteiger partial charge on any atom is -0.330 e. The van der Waals surface area contributed by atoms with Crippen molar-refractivity contribution in [2.75, 3.05) is 6.54 Å². The Morgan fingerprint density at radius 3 is 2.75 bits per heavy atom. The normalized spacial score (nSPS) is 19.1. The molecule has 92 valence electrons. The van der Waals surface area contributed by atoms with Crippen molar-refractivity contribution in [2.24, 2.45) is 17.6 Å². The monoisotopic (exact) mass is 223 g/mol. The summed E-state index contributed by atoms with van der Waals surface area (Å²) < 4.78 is 0. The van der Waals surface area contributed by atoms with Gasteiger partial charge in [-0.3, -0.25) is 4.79 Å². The highest BCUT2D eigenvalue weighted by molar-refractivity contribution is 5.97. The molecule has 0 aromatic heterocycles. The van der Waals surface area contributed by atoms with Gasteiger partial charge in [0.2, 0.25) is 0 Å². The minimum absolute atomic E-state index is 0.0457. The van der Waals surface area contributed by atoms with E-state index in [0.717, 1.165) is 31.3 Å². The van der Waals surface area contributed by atoms with Gasteiger partial charge in [-0.15, -0.1) is 0 Å². The van der Waals surface area contributed by atoms with E-state index in [4.69, 9.17) is 5.73 Å². The van der Waals surface area contributed by atoms with E-state index in [1.807, 2.05) is 0 Å². The molecule has 0 heterocycles. The van der Waals surface area contributed by atoms with Crippen molar-refractivity contribution in [1.82, 2.24) is 0 Å². The Labute approximate surface area is 99.3 Å². The number of carbonyl (C=O) groups is 1. The zero-order chi connectivity index (χ0) is 12.0. The second-order valence-corrected chi connectivity index (χ2v) is 5.26. The third-order valence-electron chi connectivity index (χ3n) is 3.27. The lowest BCUT2D eigenvalue weighted by molar-refractivity contribution is -0.119. The van der Waals surface area contributed by atoms with Gasteiger partial charge in [-0.2, -0.15) is 0 Å². The minimum atomic E-state index is 0.0457. The smallest absolute Gasteiger partial charge is 0.162 e. The summed E-state index contributed by atoms with van der Waals surface area (Å²) in [4.78, 5) is 12.3. The zero-order valence-electron chi connectivity index (χ0n) is 10.7. The van der Waals surface area contributed by atoms with Crippen LogP contribution in [0, 0.1) is 11.8 Å². The Bertz CT molecular complexity index is 255. The Morgan fingerprint density at radius 2 is 2.12 bits per heavy atom. The van der Waals surface area contributed by atoms with Crippen LogP contribution in [0.4, 0.5) is 0 Å². The second kappa shape index (κ2) is 6.85. The van der Waals surface area contributed by atoms with Gasteiger partial charge in [0, 0.05) is 12.5 Å². The molecule has 2 nitrogen and oxygen atoms in total. The van der Waals surface area contributed by atoms with Crippen LogP contribution in [0.1, 0.15) is 52.4 Å². The summed E-state index contributed by atoms with van der Waals surface area (Å²) in [5.41, 5.74) is 6.77. The van der Waals surface area contributed by atoms with Crippen LogP contribution < -0.4 is 5.73 Å². The summed E-state index contributed by atoms with van der Waals surface area (Å²) in [6.07, 6.45) is 8.76. The fourth-order valence-corrected chi connectivity index (χ4v) is 2.38. The third kappa shape index (κ3) is 4.09. The molecule has 1 aliphatic rings. The Balaban J connectivity index is 2.62. The van der Waals surface area contributed by atoms with E-state index in [2.05, 4.69) is 19.9 Å². The molecule has 0 amide bonds. The number of Topliss-reactive ketones (excluding diaryl/α,β-unsaturated/α-hetero) is 1. The molecule has 16 heavy (non-hydrogen) atoms. The predicted octanol–water partition coefficient (Wildman–Crippen LogP) is 3.07. The molecule has 1 aliphatic carbocycles. The molecular weight excluding hydrogens is 198 g/mol. The summed E-state index contributed by atoms with van der Waals surface area (Å²) in [5, 5.41) is 0. The van der Waals surface area contributed by atoms with Gasteiger partial charge in [-0.1, -0.05) is 26.3 Å². The molecule has 0 saturated heterocycles. The maximum Gasteiger partial charge on any atom is 0.162 e. The first-order valence-electron chi connectivity index (χ1n) is 6.58. The van der Waals surface area contributed by atoms with Crippen LogP contribution in [-0.2, 0) is 4.79 Å². The molecular formula is C14H25NO. The number of ketones is 1. The van der Waals surface area contributed by atoms with Gasteiger partial charge in [0.1, 0.15) is 0 Å². The molecule has 0 radical (unpaired) electrons. The quantitative estimate of drug-likeness (QED) is 0.778. The van der Waals surface area contributed by atoms with Gasteiger partial charge >= 0.3 is 0 Å². The molecule has 0 aliphatic heterocycles. The van der Waals surface area contributed by atoms with Crippen molar-refractivity contribution < 1.29 is 4.79 Å². The van der Waals surface area contributed by atoms with Gasteiger partial charge in [0.15, 0.2) is 5.78 Å². The van der Waals surface area contributed by atoms with E-state index in [9.17, 15) is 4.79 Å². The average molecular weight is 223 g/mol. The molecule has 0 bridgehead atoms. The molecule has 2 N–H and O–H groups in total. The van der Waals surface area contributed by atoms with Crippen molar-refractivity contribution in [1.29, 1.82) is 0 Å². The number of hydrogen-bond acceptors (Lipinski definition) is 2.